The average molecular weight is 683 g/mol. The van der Waals surface area contributed by atoms with Gasteiger partial charge in [-0.2, -0.15) is 0 Å². The predicted molar refractivity (Wildman–Crippen MR) is 210 cm³/mol. The lowest BCUT2D eigenvalue weighted by Crippen LogP contribution is -2.59. The number of aliphatic hydroxyl groups excluding tert-OH is 1. The Morgan fingerprint density at radius 3 is 2.14 bits per heavy atom. The highest BCUT2D eigenvalue weighted by atomic mass is 16.3. The van der Waals surface area contributed by atoms with E-state index in [2.05, 4.69) is 68.0 Å². The molecule has 0 aliphatic heterocycles. The Bertz CT molecular complexity index is 971. The third-order valence-corrected chi connectivity index (χ3v) is 15.3. The van der Waals surface area contributed by atoms with Crippen molar-refractivity contribution in [3.63, 3.8) is 0 Å². The number of hydrogen-bond acceptors (Lipinski definition) is 5. The lowest BCUT2D eigenvalue weighted by Gasteiger charge is -2.62. The van der Waals surface area contributed by atoms with E-state index in [1.165, 1.54) is 109 Å². The molecule has 49 heavy (non-hydrogen) atoms. The Labute approximate surface area is 304 Å². The first-order valence-electron chi connectivity index (χ1n) is 21.9. The Morgan fingerprint density at radius 1 is 0.714 bits per heavy atom. The minimum absolute atomic E-state index is 0.0772. The second kappa shape index (κ2) is 19.6. The predicted octanol–water partition coefficient (Wildman–Crippen LogP) is 8.72. The van der Waals surface area contributed by atoms with Crippen molar-refractivity contribution >= 4 is 0 Å². The smallest absolute Gasteiger partial charge is 0.0577 e. The molecular weight excluding hydrogens is 601 g/mol. The summed E-state index contributed by atoms with van der Waals surface area (Å²) in [7, 11) is 0. The monoisotopic (exact) mass is 683 g/mol. The molecule has 5 nitrogen and oxygen atoms in total. The van der Waals surface area contributed by atoms with Crippen LogP contribution in [-0.2, 0) is 0 Å². The first-order chi connectivity index (χ1) is 23.7. The van der Waals surface area contributed by atoms with Crippen molar-refractivity contribution in [3.8, 4) is 0 Å². The normalized spacial score (nSPS) is 37.9. The molecule has 0 spiro atoms. The Kier molecular flexibility index (Phi) is 15.9. The van der Waals surface area contributed by atoms with Crippen molar-refractivity contribution in [3.05, 3.63) is 12.2 Å². The van der Waals surface area contributed by atoms with Crippen molar-refractivity contribution in [2.75, 3.05) is 45.8 Å². The molecule has 0 saturated heterocycles. The highest BCUT2D eigenvalue weighted by Gasteiger charge is 2.62. The Morgan fingerprint density at radius 2 is 1.41 bits per heavy atom. The molecule has 11 atom stereocenters. The van der Waals surface area contributed by atoms with E-state index < -0.39 is 0 Å². The topological polar surface area (TPSA) is 68.3 Å². The summed E-state index contributed by atoms with van der Waals surface area (Å²) >= 11 is 0. The summed E-state index contributed by atoms with van der Waals surface area (Å²) in [5, 5.41) is 26.8. The number of unbranched alkanes of at least 4 members (excludes halogenated alkanes) is 1. The van der Waals surface area contributed by atoms with Gasteiger partial charge in [0.2, 0.25) is 0 Å². The summed E-state index contributed by atoms with van der Waals surface area (Å²) in [6.45, 7) is 20.6. The Balaban J connectivity index is 0.916. The van der Waals surface area contributed by atoms with Crippen molar-refractivity contribution in [1.29, 1.82) is 0 Å². The molecule has 4 saturated carbocycles. The van der Waals surface area contributed by atoms with Gasteiger partial charge in [-0.15, -0.1) is 0 Å². The zero-order valence-corrected chi connectivity index (χ0v) is 33.1. The Hall–Kier alpha value is -0.460. The summed E-state index contributed by atoms with van der Waals surface area (Å²) < 4.78 is 0. The van der Waals surface area contributed by atoms with Crippen LogP contribution in [0, 0.1) is 58.2 Å². The van der Waals surface area contributed by atoms with Crippen LogP contribution >= 0.6 is 0 Å². The molecule has 9 unspecified atom stereocenters. The van der Waals surface area contributed by atoms with E-state index in [1.807, 2.05) is 0 Å². The van der Waals surface area contributed by atoms with Crippen LogP contribution in [0.25, 0.3) is 0 Å². The highest BCUT2D eigenvalue weighted by Crippen LogP contribution is 2.68. The fourth-order valence-corrected chi connectivity index (χ4v) is 12.4. The van der Waals surface area contributed by atoms with Crippen LogP contribution in [0.2, 0.25) is 0 Å². The molecule has 0 bridgehead atoms. The van der Waals surface area contributed by atoms with Gasteiger partial charge in [-0.1, -0.05) is 66.0 Å². The second-order valence-electron chi connectivity index (χ2n) is 19.0. The minimum Gasteiger partial charge on any atom is -0.393 e. The molecule has 5 N–H and O–H groups in total. The molecule has 0 aromatic heterocycles. The molecule has 5 rings (SSSR count). The van der Waals surface area contributed by atoms with Gasteiger partial charge in [0.15, 0.2) is 0 Å². The lowest BCUT2D eigenvalue weighted by molar-refractivity contribution is -0.167. The maximum Gasteiger partial charge on any atom is 0.0577 e. The summed E-state index contributed by atoms with van der Waals surface area (Å²) in [6.07, 6.45) is 28.4. The molecule has 5 heteroatoms. The molecule has 0 aromatic rings. The first-order valence-corrected chi connectivity index (χ1v) is 21.9. The fourth-order valence-electron chi connectivity index (χ4n) is 12.4. The van der Waals surface area contributed by atoms with Gasteiger partial charge in [0.25, 0.3) is 0 Å². The van der Waals surface area contributed by atoms with Crippen LogP contribution in [0.15, 0.2) is 12.2 Å². The second-order valence-corrected chi connectivity index (χ2v) is 19.0. The SMILES string of the molecule is CC(C)CCC[C@H](C)C1CCC2C3C(O)CC4CC(NCCCNCCCCNCCCNCC5C=CCCC5)CC[C@]4(C)C3CCC21C. The zero-order chi connectivity index (χ0) is 34.7. The van der Waals surface area contributed by atoms with Crippen molar-refractivity contribution in [1.82, 2.24) is 21.3 Å². The molecule has 5 aliphatic carbocycles. The largest absolute Gasteiger partial charge is 0.393 e. The van der Waals surface area contributed by atoms with Crippen LogP contribution in [-0.4, -0.2) is 63.1 Å². The van der Waals surface area contributed by atoms with Crippen LogP contribution in [0.5, 0.6) is 0 Å². The van der Waals surface area contributed by atoms with Crippen LogP contribution in [0.4, 0.5) is 0 Å². The number of nitrogens with one attached hydrogen (secondary N) is 4. The number of allylic oxidation sites excluding steroid dienone is 1. The van der Waals surface area contributed by atoms with Crippen LogP contribution in [0.3, 0.4) is 0 Å². The quantitative estimate of drug-likeness (QED) is 0.0619. The minimum atomic E-state index is -0.0772. The average Bonchev–Trinajstić information content (AvgIpc) is 3.44. The summed E-state index contributed by atoms with van der Waals surface area (Å²) in [6, 6.07) is 0.642. The molecule has 4 fully saturated rings. The highest BCUT2D eigenvalue weighted by molar-refractivity contribution is 5.12. The van der Waals surface area contributed by atoms with Crippen molar-refractivity contribution < 1.29 is 5.11 Å². The molecule has 5 aliphatic rings. The summed E-state index contributed by atoms with van der Waals surface area (Å²) in [4.78, 5) is 0. The number of rotatable bonds is 21. The van der Waals surface area contributed by atoms with Gasteiger partial charge >= 0.3 is 0 Å². The van der Waals surface area contributed by atoms with Gasteiger partial charge in [0.05, 0.1) is 6.10 Å². The standard InChI is InChI=1S/C44H82N4O/c1-33(2)14-11-15-34(3)38-18-19-39-42-40(21-23-44(38,39)5)43(4)22-20-37(30-36(43)31-41(42)49)48-29-13-27-46-25-10-9-24-45-26-12-28-47-32-35-16-7-6-8-17-35/h7,16,33-42,45-49H,6,8-15,17-32H2,1-5H3/t34-,35?,36?,37?,38?,39?,40?,41?,42?,43-,44?/m0/s1. The van der Waals surface area contributed by atoms with Crippen molar-refractivity contribution in [2.24, 2.45) is 58.2 Å². The lowest BCUT2D eigenvalue weighted by atomic mass is 9.43. The zero-order valence-electron chi connectivity index (χ0n) is 33.1. The van der Waals surface area contributed by atoms with Gasteiger partial charge in [-0.3, -0.25) is 0 Å². The van der Waals surface area contributed by atoms with E-state index in [0.717, 1.165) is 87.7 Å². The van der Waals surface area contributed by atoms with Gasteiger partial charge in [-0.25, -0.2) is 0 Å². The van der Waals surface area contributed by atoms with Crippen LogP contribution in [0.1, 0.15) is 150 Å². The molecular formula is C44H82N4O. The van der Waals surface area contributed by atoms with Gasteiger partial charge < -0.3 is 26.4 Å². The van der Waals surface area contributed by atoms with Gasteiger partial charge in [-0.05, 0) is 194 Å². The molecule has 0 amide bonds. The van der Waals surface area contributed by atoms with E-state index in [9.17, 15) is 5.11 Å². The maximum absolute atomic E-state index is 11.8. The molecule has 0 radical (unpaired) electrons. The number of hydrogen-bond donors (Lipinski definition) is 5. The van der Waals surface area contributed by atoms with Gasteiger partial charge in [0.1, 0.15) is 0 Å². The fraction of sp³-hybridized carbons (Fsp3) is 0.955. The summed E-state index contributed by atoms with van der Waals surface area (Å²) in [5.74, 6) is 6.02. The third-order valence-electron chi connectivity index (χ3n) is 15.3. The molecule has 284 valence electrons. The van der Waals surface area contributed by atoms with E-state index in [0.29, 0.717) is 28.7 Å². The summed E-state index contributed by atoms with van der Waals surface area (Å²) in [5.41, 5.74) is 0.889. The number of fused-ring (bicyclic) bond motifs is 5. The number of aliphatic hydroxyl groups is 1. The van der Waals surface area contributed by atoms with Crippen molar-refractivity contribution in [2.45, 2.75) is 162 Å². The van der Waals surface area contributed by atoms with E-state index >= 15 is 0 Å². The van der Waals surface area contributed by atoms with E-state index in [1.54, 1.807) is 0 Å². The molecule has 0 aromatic carbocycles. The van der Waals surface area contributed by atoms with Gasteiger partial charge in [0, 0.05) is 12.6 Å². The first kappa shape index (κ1) is 39.7. The third kappa shape index (κ3) is 10.6. The van der Waals surface area contributed by atoms with E-state index in [4.69, 9.17) is 0 Å². The molecule has 0 heterocycles. The van der Waals surface area contributed by atoms with E-state index in [-0.39, 0.29) is 6.10 Å². The van der Waals surface area contributed by atoms with Crippen LogP contribution < -0.4 is 21.3 Å². The maximum atomic E-state index is 11.8.